The zero-order chi connectivity index (χ0) is 21.0. The van der Waals surface area contributed by atoms with Crippen LogP contribution in [-0.2, 0) is 20.7 Å². The second kappa shape index (κ2) is 8.84. The predicted octanol–water partition coefficient (Wildman–Crippen LogP) is 2.70. The molecular formula is C22H31N3O4. The van der Waals surface area contributed by atoms with Crippen molar-refractivity contribution < 1.29 is 19.1 Å². The number of hydrogen-bond acceptors (Lipinski definition) is 4. The summed E-state index contributed by atoms with van der Waals surface area (Å²) in [6, 6.07) is 7.52. The van der Waals surface area contributed by atoms with Crippen molar-refractivity contribution in [2.24, 2.45) is 0 Å². The lowest BCUT2D eigenvalue weighted by molar-refractivity contribution is -0.140. The summed E-state index contributed by atoms with van der Waals surface area (Å²) in [5.41, 5.74) is 1.82. The smallest absolute Gasteiger partial charge is 0.408 e. The number of likely N-dealkylation sites (tertiary alicyclic amines) is 1. The fourth-order valence-electron chi connectivity index (χ4n) is 4.00. The van der Waals surface area contributed by atoms with Crippen LogP contribution in [0.1, 0.15) is 63.6 Å². The van der Waals surface area contributed by atoms with E-state index in [2.05, 4.69) is 22.8 Å². The van der Waals surface area contributed by atoms with E-state index < -0.39 is 17.7 Å². The van der Waals surface area contributed by atoms with Crippen LogP contribution >= 0.6 is 0 Å². The van der Waals surface area contributed by atoms with Crippen molar-refractivity contribution >= 4 is 17.9 Å². The summed E-state index contributed by atoms with van der Waals surface area (Å²) in [6.07, 6.45) is 3.63. The monoisotopic (exact) mass is 401 g/mol. The number of nitrogens with zero attached hydrogens (tertiary/aromatic N) is 1. The number of fused-ring (bicyclic) bond motifs is 1. The summed E-state index contributed by atoms with van der Waals surface area (Å²) in [4.78, 5) is 38.9. The summed E-state index contributed by atoms with van der Waals surface area (Å²) in [5, 5.41) is 5.72. The van der Waals surface area contributed by atoms with Gasteiger partial charge in [-0.2, -0.15) is 0 Å². The molecule has 0 spiro atoms. The molecule has 1 aliphatic carbocycles. The van der Waals surface area contributed by atoms with Gasteiger partial charge in [-0.05, 0) is 64.0 Å². The molecule has 0 saturated carbocycles. The molecule has 158 valence electrons. The second-order valence-electron chi connectivity index (χ2n) is 8.81. The first kappa shape index (κ1) is 21.1. The molecule has 3 rings (SSSR count). The molecule has 1 aromatic carbocycles. The first-order valence-electron chi connectivity index (χ1n) is 10.4. The van der Waals surface area contributed by atoms with Crippen LogP contribution < -0.4 is 10.6 Å². The lowest BCUT2D eigenvalue weighted by Crippen LogP contribution is -2.55. The molecule has 1 aliphatic heterocycles. The van der Waals surface area contributed by atoms with Crippen molar-refractivity contribution in [3.8, 4) is 0 Å². The number of carbonyl (C=O) groups is 3. The summed E-state index contributed by atoms with van der Waals surface area (Å²) in [6.45, 7) is 5.84. The number of benzene rings is 1. The molecule has 3 amide bonds. The number of alkyl carbamates (subject to hydrolysis) is 1. The quantitative estimate of drug-likeness (QED) is 0.812. The minimum absolute atomic E-state index is 0.00397. The van der Waals surface area contributed by atoms with Crippen molar-refractivity contribution in [1.82, 2.24) is 15.5 Å². The van der Waals surface area contributed by atoms with Crippen LogP contribution in [-0.4, -0.2) is 47.5 Å². The van der Waals surface area contributed by atoms with Crippen molar-refractivity contribution in [2.45, 2.75) is 70.6 Å². The van der Waals surface area contributed by atoms with E-state index >= 15 is 0 Å². The van der Waals surface area contributed by atoms with Crippen molar-refractivity contribution in [3.05, 3.63) is 35.4 Å². The Morgan fingerprint density at radius 1 is 1.10 bits per heavy atom. The molecule has 0 bridgehead atoms. The summed E-state index contributed by atoms with van der Waals surface area (Å²) < 4.78 is 5.24. The number of ether oxygens (including phenoxy) is 1. The first-order valence-corrected chi connectivity index (χ1v) is 10.4. The van der Waals surface area contributed by atoms with Crippen LogP contribution in [0, 0.1) is 0 Å². The van der Waals surface area contributed by atoms with Gasteiger partial charge in [0.1, 0.15) is 11.6 Å². The number of carbonyl (C=O) groups excluding carboxylic acids is 3. The average molecular weight is 402 g/mol. The summed E-state index contributed by atoms with van der Waals surface area (Å²) in [7, 11) is 0. The summed E-state index contributed by atoms with van der Waals surface area (Å²) in [5.74, 6) is -0.403. The molecule has 7 heteroatoms. The third-order valence-corrected chi connectivity index (χ3v) is 5.26. The predicted molar refractivity (Wildman–Crippen MR) is 109 cm³/mol. The fraction of sp³-hybridized carbons (Fsp3) is 0.591. The number of amides is 3. The average Bonchev–Trinajstić information content (AvgIpc) is 2.64. The summed E-state index contributed by atoms with van der Waals surface area (Å²) >= 11 is 0. The number of rotatable bonds is 4. The molecule has 1 saturated heterocycles. The number of aryl methyl sites for hydroxylation is 1. The Hall–Kier alpha value is -2.57. The Bertz CT molecular complexity index is 772. The van der Waals surface area contributed by atoms with E-state index in [1.807, 2.05) is 12.1 Å². The largest absolute Gasteiger partial charge is 0.444 e. The zero-order valence-corrected chi connectivity index (χ0v) is 17.5. The van der Waals surface area contributed by atoms with Crippen molar-refractivity contribution in [1.29, 1.82) is 0 Å². The Morgan fingerprint density at radius 2 is 1.83 bits per heavy atom. The van der Waals surface area contributed by atoms with Gasteiger partial charge in [0.15, 0.2) is 0 Å². The highest BCUT2D eigenvalue weighted by Gasteiger charge is 2.32. The Morgan fingerprint density at radius 3 is 2.59 bits per heavy atom. The maximum Gasteiger partial charge on any atom is 0.408 e. The van der Waals surface area contributed by atoms with Gasteiger partial charge in [-0.25, -0.2) is 4.79 Å². The van der Waals surface area contributed by atoms with Gasteiger partial charge in [-0.15, -0.1) is 0 Å². The van der Waals surface area contributed by atoms with Crippen molar-refractivity contribution in [3.63, 3.8) is 0 Å². The van der Waals surface area contributed by atoms with Crippen LogP contribution in [0.3, 0.4) is 0 Å². The van der Waals surface area contributed by atoms with Crippen LogP contribution in [0.4, 0.5) is 4.79 Å². The molecule has 1 fully saturated rings. The highest BCUT2D eigenvalue weighted by Crippen LogP contribution is 2.29. The van der Waals surface area contributed by atoms with Gasteiger partial charge in [-0.1, -0.05) is 24.3 Å². The molecule has 0 aromatic heterocycles. The minimum atomic E-state index is -0.651. The number of hydrogen-bond donors (Lipinski definition) is 2. The van der Waals surface area contributed by atoms with Gasteiger partial charge in [0.25, 0.3) is 0 Å². The van der Waals surface area contributed by atoms with Gasteiger partial charge < -0.3 is 20.3 Å². The maximum absolute atomic E-state index is 12.7. The van der Waals surface area contributed by atoms with Crippen LogP contribution in [0.5, 0.6) is 0 Å². The molecule has 1 aromatic rings. The molecular weight excluding hydrogens is 370 g/mol. The minimum Gasteiger partial charge on any atom is -0.444 e. The number of nitrogens with one attached hydrogen (secondary N) is 2. The molecule has 0 unspecified atom stereocenters. The Kier molecular flexibility index (Phi) is 6.45. The van der Waals surface area contributed by atoms with Crippen molar-refractivity contribution in [2.75, 3.05) is 13.1 Å². The molecule has 29 heavy (non-hydrogen) atoms. The van der Waals surface area contributed by atoms with E-state index in [0.29, 0.717) is 13.0 Å². The lowest BCUT2D eigenvalue weighted by atomic mass is 9.88. The number of piperidine rings is 1. The maximum atomic E-state index is 12.7. The lowest BCUT2D eigenvalue weighted by Gasteiger charge is -2.33. The first-order chi connectivity index (χ1) is 13.7. The SMILES string of the molecule is CC(C)(C)OC(=O)N[C@H]1CCCN(CC(=O)N[C@@H]2CCCc3ccccc32)C1=O. The van der Waals surface area contributed by atoms with Crippen LogP contribution in [0.15, 0.2) is 24.3 Å². The normalized spacial score (nSPS) is 21.9. The highest BCUT2D eigenvalue weighted by atomic mass is 16.6. The van der Waals surface area contributed by atoms with Gasteiger partial charge in [0.05, 0.1) is 12.6 Å². The van der Waals surface area contributed by atoms with E-state index in [1.54, 1.807) is 20.8 Å². The van der Waals surface area contributed by atoms with Gasteiger partial charge in [-0.3, -0.25) is 9.59 Å². The van der Waals surface area contributed by atoms with E-state index in [1.165, 1.54) is 16.0 Å². The zero-order valence-electron chi connectivity index (χ0n) is 17.5. The van der Waals surface area contributed by atoms with E-state index in [0.717, 1.165) is 25.7 Å². The molecule has 2 atom stereocenters. The van der Waals surface area contributed by atoms with Gasteiger partial charge in [0.2, 0.25) is 11.8 Å². The third-order valence-electron chi connectivity index (χ3n) is 5.26. The molecule has 7 nitrogen and oxygen atoms in total. The fourth-order valence-corrected chi connectivity index (χ4v) is 4.00. The van der Waals surface area contributed by atoms with Crippen LogP contribution in [0.2, 0.25) is 0 Å². The topological polar surface area (TPSA) is 87.7 Å². The molecule has 2 N–H and O–H groups in total. The van der Waals surface area contributed by atoms with E-state index in [4.69, 9.17) is 4.74 Å². The van der Waals surface area contributed by atoms with Gasteiger partial charge in [0, 0.05) is 6.54 Å². The Labute approximate surface area is 172 Å². The van der Waals surface area contributed by atoms with Gasteiger partial charge >= 0.3 is 6.09 Å². The standard InChI is InChI=1S/C22H31N3O4/c1-22(2,3)29-21(28)24-18-12-7-13-25(20(18)27)14-19(26)23-17-11-6-9-15-8-4-5-10-16(15)17/h4-5,8,10,17-18H,6-7,9,11-14H2,1-3H3,(H,23,26)(H,24,28)/t17-,18+/m1/s1. The Balaban J connectivity index is 1.55. The van der Waals surface area contributed by atoms with E-state index in [-0.39, 0.29) is 24.4 Å². The molecule has 0 radical (unpaired) electrons. The highest BCUT2D eigenvalue weighted by molar-refractivity contribution is 5.90. The van der Waals surface area contributed by atoms with Crippen LogP contribution in [0.25, 0.3) is 0 Å². The third kappa shape index (κ3) is 5.71. The molecule has 1 heterocycles. The molecule has 2 aliphatic rings. The second-order valence-corrected chi connectivity index (χ2v) is 8.81. The van der Waals surface area contributed by atoms with E-state index in [9.17, 15) is 14.4 Å².